The Labute approximate surface area is 116 Å². The van der Waals surface area contributed by atoms with Crippen molar-refractivity contribution in [1.82, 2.24) is 5.32 Å². The van der Waals surface area contributed by atoms with Crippen molar-refractivity contribution in [3.63, 3.8) is 0 Å². The fraction of sp³-hybridized carbons (Fsp3) is 0.429. The first-order valence-electron chi connectivity index (χ1n) is 6.52. The number of carboxylic acids is 1. The van der Waals surface area contributed by atoms with Gasteiger partial charge in [0.05, 0.1) is 6.42 Å². The van der Waals surface area contributed by atoms with E-state index in [0.717, 1.165) is 0 Å². The highest BCUT2D eigenvalue weighted by atomic mass is 16.6. The fourth-order valence-electron chi connectivity index (χ4n) is 1.96. The Balaban J connectivity index is 2.06. The van der Waals surface area contributed by atoms with Crippen molar-refractivity contribution in [2.24, 2.45) is 0 Å². The molecule has 1 heterocycles. The van der Waals surface area contributed by atoms with Gasteiger partial charge in [-0.15, -0.1) is 0 Å². The highest BCUT2D eigenvalue weighted by Crippen LogP contribution is 2.30. The van der Waals surface area contributed by atoms with Crippen molar-refractivity contribution in [3.8, 4) is 11.5 Å². The Morgan fingerprint density at radius 2 is 2.00 bits per heavy atom. The van der Waals surface area contributed by atoms with E-state index in [1.807, 2.05) is 6.92 Å². The first-order chi connectivity index (χ1) is 9.60. The summed E-state index contributed by atoms with van der Waals surface area (Å²) in [5, 5.41) is 11.5. The molecule has 2 N–H and O–H groups in total. The number of benzene rings is 1. The maximum atomic E-state index is 12.1. The van der Waals surface area contributed by atoms with Gasteiger partial charge in [0.25, 0.3) is 5.91 Å². The van der Waals surface area contributed by atoms with Gasteiger partial charge in [0, 0.05) is 11.6 Å². The second-order valence-corrected chi connectivity index (χ2v) is 4.53. The molecule has 0 aliphatic carbocycles. The minimum absolute atomic E-state index is 0.0905. The number of ether oxygens (including phenoxy) is 2. The van der Waals surface area contributed by atoms with Gasteiger partial charge in [0.2, 0.25) is 0 Å². The molecular formula is C14H17NO5. The molecule has 6 heteroatoms. The third-order valence-corrected chi connectivity index (χ3v) is 3.05. The van der Waals surface area contributed by atoms with Gasteiger partial charge < -0.3 is 19.9 Å². The van der Waals surface area contributed by atoms with E-state index in [2.05, 4.69) is 5.32 Å². The zero-order valence-electron chi connectivity index (χ0n) is 11.2. The lowest BCUT2D eigenvalue weighted by Gasteiger charge is -2.19. The summed E-state index contributed by atoms with van der Waals surface area (Å²) in [6.45, 7) is 2.78. The minimum Gasteiger partial charge on any atom is -0.486 e. The van der Waals surface area contributed by atoms with Crippen LogP contribution in [0, 0.1) is 0 Å². The molecule has 0 bridgehead atoms. The molecule has 108 valence electrons. The highest BCUT2D eigenvalue weighted by Gasteiger charge is 2.18. The second kappa shape index (κ2) is 6.27. The van der Waals surface area contributed by atoms with Gasteiger partial charge in [-0.25, -0.2) is 0 Å². The topological polar surface area (TPSA) is 84.9 Å². The number of hydrogen-bond acceptors (Lipinski definition) is 4. The van der Waals surface area contributed by atoms with Crippen LogP contribution in [-0.4, -0.2) is 36.2 Å². The van der Waals surface area contributed by atoms with Crippen LogP contribution in [0.2, 0.25) is 0 Å². The van der Waals surface area contributed by atoms with E-state index in [4.69, 9.17) is 14.6 Å². The number of aliphatic carboxylic acids is 1. The molecule has 6 nitrogen and oxygen atoms in total. The van der Waals surface area contributed by atoms with Crippen molar-refractivity contribution in [3.05, 3.63) is 23.8 Å². The van der Waals surface area contributed by atoms with Crippen LogP contribution >= 0.6 is 0 Å². The number of rotatable bonds is 5. The van der Waals surface area contributed by atoms with Gasteiger partial charge in [0.15, 0.2) is 11.5 Å². The van der Waals surface area contributed by atoms with Crippen molar-refractivity contribution in [1.29, 1.82) is 0 Å². The molecule has 0 aromatic heterocycles. The summed E-state index contributed by atoms with van der Waals surface area (Å²) in [7, 11) is 0. The Kier molecular flexibility index (Phi) is 4.45. The third kappa shape index (κ3) is 3.40. The normalized spacial score (nSPS) is 14.4. The summed E-state index contributed by atoms with van der Waals surface area (Å²) in [5.74, 6) is -0.0880. The zero-order valence-corrected chi connectivity index (χ0v) is 11.2. The quantitative estimate of drug-likeness (QED) is 0.852. The SMILES string of the molecule is CCC(CC(=O)O)NC(=O)c1ccc2c(c1)OCCO2. The Morgan fingerprint density at radius 3 is 2.65 bits per heavy atom. The molecule has 0 radical (unpaired) electrons. The molecule has 20 heavy (non-hydrogen) atoms. The van der Waals surface area contributed by atoms with Crippen LogP contribution in [0.5, 0.6) is 11.5 Å². The van der Waals surface area contributed by atoms with Crippen molar-refractivity contribution < 1.29 is 24.2 Å². The largest absolute Gasteiger partial charge is 0.486 e. The number of hydrogen-bond donors (Lipinski definition) is 2. The van der Waals surface area contributed by atoms with E-state index in [1.54, 1.807) is 18.2 Å². The summed E-state index contributed by atoms with van der Waals surface area (Å²) in [6, 6.07) is 4.54. The molecule has 1 aromatic carbocycles. The summed E-state index contributed by atoms with van der Waals surface area (Å²) in [6.07, 6.45) is 0.468. The van der Waals surface area contributed by atoms with E-state index in [0.29, 0.717) is 36.7 Å². The fourth-order valence-corrected chi connectivity index (χ4v) is 1.96. The van der Waals surface area contributed by atoms with Crippen LogP contribution in [0.4, 0.5) is 0 Å². The molecule has 0 fully saturated rings. The third-order valence-electron chi connectivity index (χ3n) is 3.05. The number of amides is 1. The Hall–Kier alpha value is -2.24. The van der Waals surface area contributed by atoms with Gasteiger partial charge in [-0.1, -0.05) is 6.92 Å². The molecule has 2 rings (SSSR count). The van der Waals surface area contributed by atoms with E-state index in [-0.39, 0.29) is 18.4 Å². The van der Waals surface area contributed by atoms with Crippen LogP contribution in [-0.2, 0) is 4.79 Å². The van der Waals surface area contributed by atoms with Gasteiger partial charge >= 0.3 is 5.97 Å². The maximum absolute atomic E-state index is 12.1. The first kappa shape index (κ1) is 14.2. The molecule has 1 unspecified atom stereocenters. The van der Waals surface area contributed by atoms with Crippen LogP contribution in [0.15, 0.2) is 18.2 Å². The lowest BCUT2D eigenvalue weighted by atomic mass is 10.1. The first-order valence-corrected chi connectivity index (χ1v) is 6.52. The lowest BCUT2D eigenvalue weighted by Crippen LogP contribution is -2.36. The van der Waals surface area contributed by atoms with Crippen molar-refractivity contribution >= 4 is 11.9 Å². The van der Waals surface area contributed by atoms with Crippen LogP contribution in [0.3, 0.4) is 0 Å². The molecular weight excluding hydrogens is 262 g/mol. The average molecular weight is 279 g/mol. The van der Waals surface area contributed by atoms with Crippen LogP contribution in [0.25, 0.3) is 0 Å². The number of carbonyl (C=O) groups excluding carboxylic acids is 1. The minimum atomic E-state index is -0.931. The van der Waals surface area contributed by atoms with Gasteiger partial charge in [0.1, 0.15) is 13.2 Å². The van der Waals surface area contributed by atoms with Crippen LogP contribution in [0.1, 0.15) is 30.1 Å². The Bertz CT molecular complexity index is 514. The number of carboxylic acid groups (broad SMARTS) is 1. The highest BCUT2D eigenvalue weighted by molar-refractivity contribution is 5.95. The molecule has 1 amide bonds. The molecule has 1 aromatic rings. The standard InChI is InChI=1S/C14H17NO5/c1-2-10(8-13(16)17)15-14(18)9-3-4-11-12(7-9)20-6-5-19-11/h3-4,7,10H,2,5-6,8H2,1H3,(H,15,18)(H,16,17). The average Bonchev–Trinajstić information content (AvgIpc) is 2.45. The smallest absolute Gasteiger partial charge is 0.305 e. The summed E-state index contributed by atoms with van der Waals surface area (Å²) in [5.41, 5.74) is 0.429. The summed E-state index contributed by atoms with van der Waals surface area (Å²) in [4.78, 5) is 22.8. The van der Waals surface area contributed by atoms with Gasteiger partial charge in [-0.2, -0.15) is 0 Å². The summed E-state index contributed by atoms with van der Waals surface area (Å²) < 4.78 is 10.8. The maximum Gasteiger partial charge on any atom is 0.305 e. The van der Waals surface area contributed by atoms with E-state index in [1.165, 1.54) is 0 Å². The second-order valence-electron chi connectivity index (χ2n) is 4.53. The van der Waals surface area contributed by atoms with Gasteiger partial charge in [-0.05, 0) is 24.6 Å². The predicted octanol–water partition coefficient (Wildman–Crippen LogP) is 1.44. The zero-order chi connectivity index (χ0) is 14.5. The monoisotopic (exact) mass is 279 g/mol. The van der Waals surface area contributed by atoms with Crippen LogP contribution < -0.4 is 14.8 Å². The molecule has 0 saturated heterocycles. The van der Waals surface area contributed by atoms with Gasteiger partial charge in [-0.3, -0.25) is 9.59 Å². The molecule has 0 saturated carbocycles. The number of carbonyl (C=O) groups is 2. The predicted molar refractivity (Wildman–Crippen MR) is 71.2 cm³/mol. The van der Waals surface area contributed by atoms with E-state index in [9.17, 15) is 9.59 Å². The Morgan fingerprint density at radius 1 is 1.30 bits per heavy atom. The molecule has 1 atom stereocenters. The summed E-state index contributed by atoms with van der Waals surface area (Å²) >= 11 is 0. The van der Waals surface area contributed by atoms with E-state index >= 15 is 0 Å². The number of fused-ring (bicyclic) bond motifs is 1. The van der Waals surface area contributed by atoms with Crippen molar-refractivity contribution in [2.45, 2.75) is 25.8 Å². The number of nitrogens with one attached hydrogen (secondary N) is 1. The van der Waals surface area contributed by atoms with E-state index < -0.39 is 5.97 Å². The van der Waals surface area contributed by atoms with Crippen molar-refractivity contribution in [2.75, 3.05) is 13.2 Å². The molecule has 1 aliphatic rings. The lowest BCUT2D eigenvalue weighted by molar-refractivity contribution is -0.137. The molecule has 0 spiro atoms. The molecule has 1 aliphatic heterocycles.